The number of carboxylic acids is 1. The predicted molar refractivity (Wildman–Crippen MR) is 55.0 cm³/mol. The quantitative estimate of drug-likeness (QED) is 0.172. The maximum atomic E-state index is 10.2. The van der Waals surface area contributed by atoms with Crippen LogP contribution in [0.5, 0.6) is 0 Å². The molecule has 10 nitrogen and oxygen atoms in total. The Hall–Kier alpha value is -1.58. The van der Waals surface area contributed by atoms with E-state index in [2.05, 4.69) is 6.58 Å². The number of amides is 2. The molecule has 1 fully saturated rings. The van der Waals surface area contributed by atoms with Gasteiger partial charge in [-0.2, -0.15) is 5.06 Å². The second-order valence-electron chi connectivity index (χ2n) is 2.65. The van der Waals surface area contributed by atoms with E-state index in [1.165, 1.54) is 0 Å². The molecule has 1 aliphatic heterocycles. The third-order valence-electron chi connectivity index (χ3n) is 1.20. The summed E-state index contributed by atoms with van der Waals surface area (Å²) in [5, 5.41) is 16.2. The van der Waals surface area contributed by atoms with E-state index in [1.807, 2.05) is 0 Å². The van der Waals surface area contributed by atoms with E-state index in [4.69, 9.17) is 29.6 Å². The maximum Gasteiger partial charge on any atom is 0.466 e. The van der Waals surface area contributed by atoms with Crippen molar-refractivity contribution >= 4 is 25.6 Å². The lowest BCUT2D eigenvalue weighted by Crippen LogP contribution is -2.24. The molecule has 1 rings (SSSR count). The van der Waals surface area contributed by atoms with Crippen LogP contribution in [0.25, 0.3) is 0 Å². The summed E-state index contributed by atoms with van der Waals surface area (Å²) in [6, 6.07) is 0. The van der Waals surface area contributed by atoms with Crippen LogP contribution in [0.15, 0.2) is 12.7 Å². The highest BCUT2D eigenvalue weighted by atomic mass is 31.2. The van der Waals surface area contributed by atoms with Gasteiger partial charge in [-0.3, -0.25) is 14.8 Å². The molecule has 1 aliphatic rings. The van der Waals surface area contributed by atoms with Gasteiger partial charge in [0.25, 0.3) is 11.8 Å². The molecule has 18 heavy (non-hydrogen) atoms. The minimum atomic E-state index is -4.64. The fraction of sp³-hybridized carbons (Fsp3) is 0.286. The number of carbonyl (C=O) groups is 3. The predicted octanol–water partition coefficient (Wildman–Crippen LogP) is -1.15. The Labute approximate surface area is 101 Å². The van der Waals surface area contributed by atoms with Crippen molar-refractivity contribution in [3.05, 3.63) is 12.7 Å². The van der Waals surface area contributed by atoms with Crippen molar-refractivity contribution in [1.82, 2.24) is 5.06 Å². The fourth-order valence-electron chi connectivity index (χ4n) is 0.565. The average molecular weight is 285 g/mol. The first-order valence-corrected chi connectivity index (χ1v) is 5.73. The molecule has 1 saturated heterocycles. The Balaban J connectivity index is 0. The normalized spacial score (nSPS) is 14.1. The van der Waals surface area contributed by atoms with Gasteiger partial charge in [0, 0.05) is 18.9 Å². The number of hydroxylamine groups is 2. The summed E-state index contributed by atoms with van der Waals surface area (Å²) in [5.74, 6) is -1.99. The molecular formula is C7H12NO9P. The van der Waals surface area contributed by atoms with Crippen LogP contribution in [-0.2, 0) is 18.9 Å². The number of phosphoric acid groups is 1. The molecule has 104 valence electrons. The second kappa shape index (κ2) is 8.50. The van der Waals surface area contributed by atoms with Crippen LogP contribution >= 0.6 is 7.82 Å². The zero-order chi connectivity index (χ0) is 14.9. The molecule has 0 unspecified atom stereocenters. The van der Waals surface area contributed by atoms with Crippen molar-refractivity contribution in [2.75, 3.05) is 0 Å². The monoisotopic (exact) mass is 285 g/mol. The van der Waals surface area contributed by atoms with Crippen LogP contribution in [0, 0.1) is 0 Å². The van der Waals surface area contributed by atoms with E-state index in [9.17, 15) is 14.4 Å². The fourth-order valence-corrected chi connectivity index (χ4v) is 0.565. The van der Waals surface area contributed by atoms with Gasteiger partial charge in [-0.05, 0) is 0 Å². The van der Waals surface area contributed by atoms with Gasteiger partial charge in [0.2, 0.25) is 0 Å². The van der Waals surface area contributed by atoms with E-state index < -0.39 is 25.6 Å². The molecule has 0 radical (unpaired) electrons. The van der Waals surface area contributed by atoms with Gasteiger partial charge < -0.3 is 19.8 Å². The van der Waals surface area contributed by atoms with Gasteiger partial charge in [-0.15, -0.1) is 0 Å². The topological polar surface area (TPSA) is 173 Å². The molecule has 0 aliphatic carbocycles. The molecule has 1 heterocycles. The summed E-state index contributed by atoms with van der Waals surface area (Å²) in [4.78, 5) is 51.3. The highest BCUT2D eigenvalue weighted by Crippen LogP contribution is 2.25. The van der Waals surface area contributed by atoms with Gasteiger partial charge in [-0.1, -0.05) is 6.58 Å². The number of carbonyl (C=O) groups excluding carboxylic acids is 2. The zero-order valence-corrected chi connectivity index (χ0v) is 9.86. The first-order valence-electron chi connectivity index (χ1n) is 4.17. The van der Waals surface area contributed by atoms with E-state index in [-0.39, 0.29) is 17.9 Å². The molecule has 5 N–H and O–H groups in total. The number of nitrogens with zero attached hydrogens (tertiary/aromatic N) is 1. The molecule has 0 spiro atoms. The number of imide groups is 1. The van der Waals surface area contributed by atoms with Gasteiger partial charge in [-0.25, -0.2) is 9.36 Å². The summed E-state index contributed by atoms with van der Waals surface area (Å²) in [6.07, 6.45) is 1.13. The van der Waals surface area contributed by atoms with Crippen molar-refractivity contribution in [3.8, 4) is 0 Å². The maximum absolute atomic E-state index is 10.2. The third-order valence-corrected chi connectivity index (χ3v) is 1.20. The van der Waals surface area contributed by atoms with Crippen LogP contribution in [0.2, 0.25) is 0 Å². The largest absolute Gasteiger partial charge is 0.478 e. The lowest BCUT2D eigenvalue weighted by atomic mass is 10.4. The SMILES string of the molecule is C=CC(=O)O.O=C1CCC(=O)N1O.O=P(O)(O)O. The number of hydrogen-bond donors (Lipinski definition) is 5. The summed E-state index contributed by atoms with van der Waals surface area (Å²) in [6.45, 7) is 2.96. The molecule has 0 aromatic heterocycles. The Morgan fingerprint density at radius 2 is 1.44 bits per heavy atom. The highest BCUT2D eigenvalue weighted by Gasteiger charge is 2.26. The minimum Gasteiger partial charge on any atom is -0.478 e. The van der Waals surface area contributed by atoms with E-state index in [0.29, 0.717) is 0 Å². The Morgan fingerprint density at radius 1 is 1.22 bits per heavy atom. The highest BCUT2D eigenvalue weighted by molar-refractivity contribution is 7.45. The Kier molecular flexibility index (Phi) is 8.87. The number of rotatable bonds is 1. The van der Waals surface area contributed by atoms with E-state index >= 15 is 0 Å². The van der Waals surface area contributed by atoms with E-state index in [1.54, 1.807) is 0 Å². The Bertz CT molecular complexity index is 349. The van der Waals surface area contributed by atoms with Crippen LogP contribution in [0.4, 0.5) is 0 Å². The van der Waals surface area contributed by atoms with Crippen molar-refractivity contribution in [3.63, 3.8) is 0 Å². The second-order valence-corrected chi connectivity index (χ2v) is 3.68. The lowest BCUT2D eigenvalue weighted by molar-refractivity contribution is -0.171. The molecule has 0 aromatic carbocycles. The average Bonchev–Trinajstić information content (AvgIpc) is 2.48. The van der Waals surface area contributed by atoms with Crippen LogP contribution in [-0.4, -0.2) is 47.8 Å². The molecule has 0 atom stereocenters. The number of aliphatic carboxylic acids is 1. The van der Waals surface area contributed by atoms with Crippen LogP contribution < -0.4 is 0 Å². The molecule has 11 heteroatoms. The summed E-state index contributed by atoms with van der Waals surface area (Å²) in [7, 11) is -4.64. The standard InChI is InChI=1S/C4H5NO3.C3H4O2.H3O4P/c6-3-1-2-4(7)5(3)8;1-2-3(4)5;1-5(2,3)4/h8H,1-2H2;2H,1H2,(H,4,5);(H3,1,2,3,4). The molecular weight excluding hydrogens is 273 g/mol. The third kappa shape index (κ3) is 14.4. The Morgan fingerprint density at radius 3 is 1.50 bits per heavy atom. The number of carboxylic acid groups (broad SMARTS) is 1. The van der Waals surface area contributed by atoms with Gasteiger partial charge in [0.05, 0.1) is 0 Å². The molecule has 0 aromatic rings. The molecule has 2 amide bonds. The van der Waals surface area contributed by atoms with Crippen molar-refractivity contribution in [2.24, 2.45) is 0 Å². The first kappa shape index (κ1) is 18.8. The summed E-state index contributed by atoms with van der Waals surface area (Å²) < 4.78 is 8.88. The van der Waals surface area contributed by atoms with Crippen molar-refractivity contribution in [1.29, 1.82) is 0 Å². The number of hydrogen-bond acceptors (Lipinski definition) is 5. The van der Waals surface area contributed by atoms with Crippen LogP contribution in [0.1, 0.15) is 12.8 Å². The zero-order valence-electron chi connectivity index (χ0n) is 8.96. The summed E-state index contributed by atoms with van der Waals surface area (Å²) >= 11 is 0. The lowest BCUT2D eigenvalue weighted by Gasteiger charge is -1.98. The smallest absolute Gasteiger partial charge is 0.466 e. The van der Waals surface area contributed by atoms with Gasteiger partial charge in [0.1, 0.15) is 0 Å². The van der Waals surface area contributed by atoms with Crippen molar-refractivity contribution in [2.45, 2.75) is 12.8 Å². The summed E-state index contributed by atoms with van der Waals surface area (Å²) in [5.41, 5.74) is 0. The van der Waals surface area contributed by atoms with E-state index in [0.717, 1.165) is 6.08 Å². The van der Waals surface area contributed by atoms with Crippen molar-refractivity contribution < 1.29 is 43.9 Å². The minimum absolute atomic E-state index is 0.148. The van der Waals surface area contributed by atoms with Gasteiger partial charge >= 0.3 is 13.8 Å². The molecule has 0 bridgehead atoms. The molecule has 0 saturated carbocycles. The first-order chi connectivity index (χ1) is 7.99. The van der Waals surface area contributed by atoms with Gasteiger partial charge in [0.15, 0.2) is 0 Å². The van der Waals surface area contributed by atoms with Crippen LogP contribution in [0.3, 0.4) is 0 Å².